The summed E-state index contributed by atoms with van der Waals surface area (Å²) in [6.45, 7) is 1.87. The van der Waals surface area contributed by atoms with Gasteiger partial charge in [0.25, 0.3) is 0 Å². The first-order valence-corrected chi connectivity index (χ1v) is 7.60. The second-order valence-electron chi connectivity index (χ2n) is 4.75. The highest BCUT2D eigenvalue weighted by Gasteiger charge is 2.14. The van der Waals surface area contributed by atoms with E-state index in [9.17, 15) is 0 Å². The molecule has 1 atom stereocenters. The third-order valence-electron chi connectivity index (χ3n) is 3.33. The van der Waals surface area contributed by atoms with Crippen molar-refractivity contribution >= 4 is 16.5 Å². The highest BCUT2D eigenvalue weighted by atomic mass is 32.1. The number of benzene rings is 1. The van der Waals surface area contributed by atoms with Crippen LogP contribution in [0.4, 0.5) is 5.13 Å². The van der Waals surface area contributed by atoms with Gasteiger partial charge in [-0.15, -0.1) is 0 Å². The number of thiazole rings is 1. The molecule has 0 radical (unpaired) electrons. The molecule has 100 valence electrons. The maximum Gasteiger partial charge on any atom is 0.183 e. The molecule has 1 N–H and O–H groups in total. The van der Waals surface area contributed by atoms with Crippen molar-refractivity contribution in [1.82, 2.24) is 4.98 Å². The van der Waals surface area contributed by atoms with Gasteiger partial charge in [-0.3, -0.25) is 0 Å². The zero-order valence-electron chi connectivity index (χ0n) is 10.8. The van der Waals surface area contributed by atoms with E-state index < -0.39 is 0 Å². The summed E-state index contributed by atoms with van der Waals surface area (Å²) in [6, 6.07) is 10.4. The van der Waals surface area contributed by atoms with Crippen LogP contribution in [0.3, 0.4) is 0 Å². The van der Waals surface area contributed by atoms with Crippen LogP contribution in [0.1, 0.15) is 19.3 Å². The minimum Gasteiger partial charge on any atom is -0.378 e. The van der Waals surface area contributed by atoms with Gasteiger partial charge in [-0.1, -0.05) is 41.7 Å². The Bertz CT molecular complexity index is 506. The zero-order chi connectivity index (χ0) is 12.9. The Balaban J connectivity index is 1.53. The predicted molar refractivity (Wildman–Crippen MR) is 79.6 cm³/mol. The van der Waals surface area contributed by atoms with E-state index in [1.54, 1.807) is 11.3 Å². The second kappa shape index (κ2) is 6.17. The summed E-state index contributed by atoms with van der Waals surface area (Å²) in [5, 5.41) is 4.39. The first-order chi connectivity index (χ1) is 9.42. The largest absolute Gasteiger partial charge is 0.378 e. The van der Waals surface area contributed by atoms with Crippen LogP contribution in [-0.4, -0.2) is 24.2 Å². The van der Waals surface area contributed by atoms with Gasteiger partial charge in [-0.2, -0.15) is 0 Å². The van der Waals surface area contributed by atoms with Crippen molar-refractivity contribution in [3.63, 3.8) is 0 Å². The van der Waals surface area contributed by atoms with Gasteiger partial charge >= 0.3 is 0 Å². The number of ether oxygens (including phenoxy) is 1. The van der Waals surface area contributed by atoms with E-state index in [-0.39, 0.29) is 0 Å². The Hall–Kier alpha value is -1.39. The second-order valence-corrected chi connectivity index (χ2v) is 5.78. The molecule has 0 amide bonds. The first kappa shape index (κ1) is 12.6. The van der Waals surface area contributed by atoms with Gasteiger partial charge < -0.3 is 10.1 Å². The molecular formula is C15H18N2OS. The molecule has 0 saturated carbocycles. The lowest BCUT2D eigenvalue weighted by atomic mass is 10.2. The minimum atomic E-state index is 0.445. The number of rotatable bonds is 5. The monoisotopic (exact) mass is 274 g/mol. The molecule has 19 heavy (non-hydrogen) atoms. The highest BCUT2D eigenvalue weighted by Crippen LogP contribution is 2.28. The summed E-state index contributed by atoms with van der Waals surface area (Å²) in [5.74, 6) is 0. The Morgan fingerprint density at radius 1 is 1.32 bits per heavy atom. The molecule has 4 heteroatoms. The van der Waals surface area contributed by atoms with Crippen LogP contribution in [-0.2, 0) is 4.74 Å². The van der Waals surface area contributed by atoms with Crippen LogP contribution in [0.15, 0.2) is 36.5 Å². The Labute approximate surface area is 117 Å². The normalized spacial score (nSPS) is 18.6. The lowest BCUT2D eigenvalue weighted by molar-refractivity contribution is 0.107. The number of nitrogens with zero attached hydrogens (tertiary/aromatic N) is 1. The van der Waals surface area contributed by atoms with Crippen LogP contribution >= 0.6 is 11.3 Å². The van der Waals surface area contributed by atoms with Gasteiger partial charge in [0.1, 0.15) is 0 Å². The molecule has 2 aromatic rings. The molecule has 1 unspecified atom stereocenters. The summed E-state index contributed by atoms with van der Waals surface area (Å²) in [5.41, 5.74) is 1.23. The molecule has 1 aliphatic heterocycles. The molecule has 0 aliphatic carbocycles. The number of hydrogen-bond donors (Lipinski definition) is 1. The van der Waals surface area contributed by atoms with Crippen LogP contribution in [0.5, 0.6) is 0 Å². The molecule has 1 aromatic carbocycles. The maximum absolute atomic E-state index is 5.61. The Morgan fingerprint density at radius 2 is 2.21 bits per heavy atom. The van der Waals surface area contributed by atoms with Crippen LogP contribution < -0.4 is 5.32 Å². The molecule has 1 aliphatic rings. The fourth-order valence-corrected chi connectivity index (χ4v) is 3.15. The van der Waals surface area contributed by atoms with E-state index in [0.717, 1.165) is 24.7 Å². The lowest BCUT2D eigenvalue weighted by Gasteiger charge is -2.08. The first-order valence-electron chi connectivity index (χ1n) is 6.78. The van der Waals surface area contributed by atoms with Gasteiger partial charge in [0.05, 0.1) is 11.0 Å². The molecule has 0 spiro atoms. The van der Waals surface area contributed by atoms with Crippen LogP contribution in [0, 0.1) is 0 Å². The number of hydrogen-bond acceptors (Lipinski definition) is 4. The van der Waals surface area contributed by atoms with Gasteiger partial charge in [0.15, 0.2) is 5.13 Å². The summed E-state index contributed by atoms with van der Waals surface area (Å²) in [6.07, 6.45) is 5.87. The summed E-state index contributed by atoms with van der Waals surface area (Å²) < 4.78 is 5.61. The van der Waals surface area contributed by atoms with Gasteiger partial charge in [-0.05, 0) is 24.8 Å². The number of nitrogens with one attached hydrogen (secondary N) is 1. The van der Waals surface area contributed by atoms with E-state index in [0.29, 0.717) is 6.10 Å². The van der Waals surface area contributed by atoms with Gasteiger partial charge in [0, 0.05) is 19.3 Å². The Kier molecular flexibility index (Phi) is 4.10. The molecule has 1 fully saturated rings. The molecular weight excluding hydrogens is 256 g/mol. The number of aromatic nitrogens is 1. The van der Waals surface area contributed by atoms with Gasteiger partial charge in [0.2, 0.25) is 0 Å². The van der Waals surface area contributed by atoms with Crippen molar-refractivity contribution in [2.24, 2.45) is 0 Å². The fourth-order valence-electron chi connectivity index (χ4n) is 2.30. The molecule has 1 aromatic heterocycles. The van der Waals surface area contributed by atoms with Crippen molar-refractivity contribution in [3.8, 4) is 10.4 Å². The average molecular weight is 274 g/mol. The predicted octanol–water partition coefficient (Wildman–Crippen LogP) is 3.79. The fraction of sp³-hybridized carbons (Fsp3) is 0.400. The van der Waals surface area contributed by atoms with Crippen molar-refractivity contribution in [2.75, 3.05) is 18.5 Å². The molecule has 1 saturated heterocycles. The number of anilines is 1. The quantitative estimate of drug-likeness (QED) is 0.900. The summed E-state index contributed by atoms with van der Waals surface area (Å²) in [4.78, 5) is 5.63. The van der Waals surface area contributed by atoms with Crippen molar-refractivity contribution in [3.05, 3.63) is 36.5 Å². The maximum atomic E-state index is 5.61. The van der Waals surface area contributed by atoms with Crippen LogP contribution in [0.25, 0.3) is 10.4 Å². The third-order valence-corrected chi connectivity index (χ3v) is 4.33. The smallest absolute Gasteiger partial charge is 0.183 e. The van der Waals surface area contributed by atoms with E-state index >= 15 is 0 Å². The standard InChI is InChI=1S/C15H18N2OS/c1-2-5-12(6-3-1)14-11-17-15(19-14)16-9-8-13-7-4-10-18-13/h1-3,5-6,11,13H,4,7-10H2,(H,16,17). The molecule has 0 bridgehead atoms. The third kappa shape index (κ3) is 3.33. The van der Waals surface area contributed by atoms with Crippen molar-refractivity contribution < 1.29 is 4.74 Å². The molecule has 3 rings (SSSR count). The van der Waals surface area contributed by atoms with E-state index in [1.165, 1.54) is 23.3 Å². The highest BCUT2D eigenvalue weighted by molar-refractivity contribution is 7.18. The minimum absolute atomic E-state index is 0.445. The topological polar surface area (TPSA) is 34.2 Å². The SMILES string of the molecule is c1ccc(-c2cnc(NCCC3CCCO3)s2)cc1. The van der Waals surface area contributed by atoms with Crippen molar-refractivity contribution in [2.45, 2.75) is 25.4 Å². The summed E-state index contributed by atoms with van der Waals surface area (Å²) in [7, 11) is 0. The average Bonchev–Trinajstić information content (AvgIpc) is 3.11. The molecule has 3 nitrogen and oxygen atoms in total. The zero-order valence-corrected chi connectivity index (χ0v) is 11.7. The molecule has 2 heterocycles. The van der Waals surface area contributed by atoms with Crippen LogP contribution in [0.2, 0.25) is 0 Å². The van der Waals surface area contributed by atoms with E-state index in [2.05, 4.69) is 34.6 Å². The lowest BCUT2D eigenvalue weighted by Crippen LogP contribution is -2.12. The summed E-state index contributed by atoms with van der Waals surface area (Å²) >= 11 is 1.71. The Morgan fingerprint density at radius 3 is 3.00 bits per heavy atom. The van der Waals surface area contributed by atoms with E-state index in [4.69, 9.17) is 4.74 Å². The van der Waals surface area contributed by atoms with Gasteiger partial charge in [-0.25, -0.2) is 4.98 Å². The van der Waals surface area contributed by atoms with E-state index in [1.807, 2.05) is 12.3 Å². The van der Waals surface area contributed by atoms with Crippen molar-refractivity contribution in [1.29, 1.82) is 0 Å².